The van der Waals surface area contributed by atoms with Crippen molar-refractivity contribution >= 4 is 38.1 Å². The highest BCUT2D eigenvalue weighted by molar-refractivity contribution is 7.91. The highest BCUT2D eigenvalue weighted by atomic mass is 32.2. The first-order valence-corrected chi connectivity index (χ1v) is 17.6. The Kier molecular flexibility index (Phi) is 9.28. The molecule has 6 rings (SSSR count). The summed E-state index contributed by atoms with van der Waals surface area (Å²) in [6.45, 7) is 8.51. The molecule has 0 bridgehead atoms. The van der Waals surface area contributed by atoms with Crippen LogP contribution in [0.3, 0.4) is 0 Å². The predicted molar refractivity (Wildman–Crippen MR) is 186 cm³/mol. The molecule has 0 saturated carbocycles. The molecule has 11 heteroatoms. The van der Waals surface area contributed by atoms with Crippen molar-refractivity contribution < 1.29 is 17.9 Å². The Labute approximate surface area is 275 Å². The van der Waals surface area contributed by atoms with E-state index in [0.29, 0.717) is 37.7 Å². The van der Waals surface area contributed by atoms with Crippen molar-refractivity contribution in [3.63, 3.8) is 0 Å². The largest absolute Gasteiger partial charge is 0.493 e. The van der Waals surface area contributed by atoms with Gasteiger partial charge in [-0.05, 0) is 41.5 Å². The summed E-state index contributed by atoms with van der Waals surface area (Å²) >= 11 is 0. The molecule has 0 atom stereocenters. The SMILES string of the molecule is CC(C)(C)c1cc(NC(=O)Nc2ccc(OCCc3cccnc3)c3ccccc23)n(-c2ccc(CN3CCS(=O)(=O)CC3)cc2)n1. The third-order valence-corrected chi connectivity index (χ3v) is 9.86. The van der Waals surface area contributed by atoms with Crippen LogP contribution >= 0.6 is 0 Å². The number of benzene rings is 3. The van der Waals surface area contributed by atoms with Crippen LogP contribution in [0.25, 0.3) is 16.5 Å². The number of ether oxygens (including phenoxy) is 1. The van der Waals surface area contributed by atoms with E-state index in [-0.39, 0.29) is 16.9 Å². The minimum atomic E-state index is -2.92. The molecule has 0 aliphatic carbocycles. The van der Waals surface area contributed by atoms with E-state index >= 15 is 0 Å². The Balaban J connectivity index is 1.17. The highest BCUT2D eigenvalue weighted by Gasteiger charge is 2.23. The van der Waals surface area contributed by atoms with E-state index in [1.165, 1.54) is 0 Å². The number of aromatic nitrogens is 3. The summed E-state index contributed by atoms with van der Waals surface area (Å²) in [5, 5.41) is 12.7. The van der Waals surface area contributed by atoms with Crippen molar-refractivity contribution in [1.29, 1.82) is 0 Å². The third kappa shape index (κ3) is 7.98. The average molecular weight is 653 g/mol. The molecule has 1 aliphatic rings. The summed E-state index contributed by atoms with van der Waals surface area (Å²) in [5.41, 5.74) is 4.25. The Bertz CT molecular complexity index is 1950. The molecule has 47 heavy (non-hydrogen) atoms. The Hall–Kier alpha value is -4.74. The van der Waals surface area contributed by atoms with Crippen molar-refractivity contribution in [3.05, 3.63) is 108 Å². The van der Waals surface area contributed by atoms with Gasteiger partial charge in [0.1, 0.15) is 11.6 Å². The number of carbonyl (C=O) groups excluding carboxylic acids is 1. The van der Waals surface area contributed by atoms with Crippen LogP contribution < -0.4 is 15.4 Å². The minimum Gasteiger partial charge on any atom is -0.493 e. The third-order valence-electron chi connectivity index (χ3n) is 8.25. The molecule has 5 aromatic rings. The number of rotatable bonds is 9. The number of anilines is 2. The summed E-state index contributed by atoms with van der Waals surface area (Å²) in [4.78, 5) is 19.8. The Morgan fingerprint density at radius 2 is 1.64 bits per heavy atom. The standard InChI is InChI=1S/C36H40N6O4S/c1-36(2,3)33-23-34(42(40-33)28-12-10-27(11-13-28)25-41-18-21-47(44,45)22-19-41)39-35(43)38-31-14-15-32(30-9-5-4-8-29(30)31)46-20-16-26-7-6-17-37-24-26/h4-15,17,23-24H,16,18-22,25H2,1-3H3,(H2,38,39,43). The second-order valence-electron chi connectivity index (χ2n) is 12.9. The van der Waals surface area contributed by atoms with Gasteiger partial charge in [-0.2, -0.15) is 5.10 Å². The van der Waals surface area contributed by atoms with Crippen molar-refractivity contribution in [3.8, 4) is 11.4 Å². The van der Waals surface area contributed by atoms with Gasteiger partial charge >= 0.3 is 6.03 Å². The van der Waals surface area contributed by atoms with Gasteiger partial charge < -0.3 is 10.1 Å². The number of carbonyl (C=O) groups is 1. The van der Waals surface area contributed by atoms with Crippen LogP contribution in [-0.4, -0.2) is 65.3 Å². The van der Waals surface area contributed by atoms with Crippen LogP contribution in [0.2, 0.25) is 0 Å². The van der Waals surface area contributed by atoms with Gasteiger partial charge in [-0.15, -0.1) is 0 Å². The van der Waals surface area contributed by atoms with E-state index < -0.39 is 15.9 Å². The van der Waals surface area contributed by atoms with E-state index in [2.05, 4.69) is 41.3 Å². The first-order valence-electron chi connectivity index (χ1n) is 15.8. The summed E-state index contributed by atoms with van der Waals surface area (Å²) in [6.07, 6.45) is 4.33. The number of urea groups is 1. The van der Waals surface area contributed by atoms with Gasteiger partial charge in [-0.3, -0.25) is 15.2 Å². The van der Waals surface area contributed by atoms with Gasteiger partial charge in [-0.1, -0.05) is 63.2 Å². The van der Waals surface area contributed by atoms with E-state index in [1.54, 1.807) is 10.9 Å². The number of pyridine rings is 1. The van der Waals surface area contributed by atoms with Gasteiger partial charge in [0, 0.05) is 60.7 Å². The number of amides is 2. The maximum Gasteiger partial charge on any atom is 0.324 e. The molecular formula is C36H40N6O4S. The number of fused-ring (bicyclic) bond motifs is 1. The monoisotopic (exact) mass is 652 g/mol. The molecule has 2 N–H and O–H groups in total. The lowest BCUT2D eigenvalue weighted by atomic mass is 9.92. The second kappa shape index (κ2) is 13.5. The highest BCUT2D eigenvalue weighted by Crippen LogP contribution is 2.32. The van der Waals surface area contributed by atoms with Crippen molar-refractivity contribution in [1.82, 2.24) is 19.7 Å². The molecule has 1 saturated heterocycles. The zero-order chi connectivity index (χ0) is 33.0. The smallest absolute Gasteiger partial charge is 0.324 e. The van der Waals surface area contributed by atoms with E-state index in [4.69, 9.17) is 9.84 Å². The normalized spacial score (nSPS) is 15.0. The molecule has 10 nitrogen and oxygen atoms in total. The van der Waals surface area contributed by atoms with Gasteiger partial charge in [0.25, 0.3) is 0 Å². The topological polar surface area (TPSA) is 118 Å². The lowest BCUT2D eigenvalue weighted by Crippen LogP contribution is -2.39. The Morgan fingerprint density at radius 1 is 0.894 bits per heavy atom. The lowest BCUT2D eigenvalue weighted by molar-refractivity contribution is 0.262. The van der Waals surface area contributed by atoms with Crippen LogP contribution in [0.5, 0.6) is 5.75 Å². The van der Waals surface area contributed by atoms with E-state index in [0.717, 1.165) is 45.5 Å². The Morgan fingerprint density at radius 3 is 2.34 bits per heavy atom. The molecule has 3 heterocycles. The molecule has 1 aliphatic heterocycles. The van der Waals surface area contributed by atoms with Crippen LogP contribution in [0.1, 0.15) is 37.6 Å². The molecule has 3 aromatic carbocycles. The van der Waals surface area contributed by atoms with E-state index in [1.807, 2.05) is 85.1 Å². The number of hydrogen-bond donors (Lipinski definition) is 2. The van der Waals surface area contributed by atoms with E-state index in [9.17, 15) is 13.2 Å². The summed E-state index contributed by atoms with van der Waals surface area (Å²) in [7, 11) is -2.92. The zero-order valence-electron chi connectivity index (χ0n) is 26.9. The molecule has 1 fully saturated rings. The molecule has 0 unspecified atom stereocenters. The van der Waals surface area contributed by atoms with Crippen LogP contribution in [0.15, 0.2) is 91.3 Å². The fourth-order valence-electron chi connectivity index (χ4n) is 5.54. The molecule has 0 radical (unpaired) electrons. The average Bonchev–Trinajstić information content (AvgIpc) is 3.48. The number of hydrogen-bond acceptors (Lipinski definition) is 7. The maximum atomic E-state index is 13.5. The summed E-state index contributed by atoms with van der Waals surface area (Å²) in [6, 6.07) is 25.0. The van der Waals surface area contributed by atoms with Crippen molar-refractivity contribution in [2.75, 3.05) is 41.8 Å². The fourth-order valence-corrected chi connectivity index (χ4v) is 6.82. The van der Waals surface area contributed by atoms with Crippen molar-refractivity contribution in [2.24, 2.45) is 0 Å². The van der Waals surface area contributed by atoms with Crippen LogP contribution in [-0.2, 0) is 28.2 Å². The maximum absolute atomic E-state index is 13.5. The van der Waals surface area contributed by atoms with Gasteiger partial charge in [0.15, 0.2) is 9.84 Å². The first kappa shape index (κ1) is 32.2. The van der Waals surface area contributed by atoms with Gasteiger partial charge in [0.2, 0.25) is 0 Å². The molecule has 2 aromatic heterocycles. The molecular weight excluding hydrogens is 613 g/mol. The first-order chi connectivity index (χ1) is 22.5. The predicted octanol–water partition coefficient (Wildman–Crippen LogP) is 6.21. The van der Waals surface area contributed by atoms with Crippen LogP contribution in [0.4, 0.5) is 16.3 Å². The van der Waals surface area contributed by atoms with Gasteiger partial charge in [0.05, 0.1) is 35.2 Å². The van der Waals surface area contributed by atoms with Crippen molar-refractivity contribution in [2.45, 2.75) is 39.2 Å². The lowest BCUT2D eigenvalue weighted by Gasteiger charge is -2.26. The minimum absolute atomic E-state index is 0.200. The zero-order valence-corrected chi connectivity index (χ0v) is 27.8. The van der Waals surface area contributed by atoms with Gasteiger partial charge in [-0.25, -0.2) is 17.9 Å². The second-order valence-corrected chi connectivity index (χ2v) is 15.2. The molecule has 244 valence electrons. The number of sulfone groups is 1. The fraction of sp³-hybridized carbons (Fsp3) is 0.306. The quantitative estimate of drug-likeness (QED) is 0.194. The summed E-state index contributed by atoms with van der Waals surface area (Å²) in [5.74, 6) is 1.69. The van der Waals surface area contributed by atoms with Crippen LogP contribution in [0, 0.1) is 0 Å². The molecule has 2 amide bonds. The number of nitrogens with zero attached hydrogens (tertiary/aromatic N) is 4. The number of nitrogens with one attached hydrogen (secondary N) is 2. The summed E-state index contributed by atoms with van der Waals surface area (Å²) < 4.78 is 31.5. The molecule has 0 spiro atoms.